The predicted octanol–water partition coefficient (Wildman–Crippen LogP) is 5.75. The van der Waals surface area contributed by atoms with Gasteiger partial charge in [0.1, 0.15) is 23.5 Å². The van der Waals surface area contributed by atoms with E-state index in [1.54, 1.807) is 25.5 Å². The van der Waals surface area contributed by atoms with Gasteiger partial charge in [0, 0.05) is 23.1 Å². The summed E-state index contributed by atoms with van der Waals surface area (Å²) >= 11 is 0. The molecule has 3 aromatic rings. The van der Waals surface area contributed by atoms with Crippen LogP contribution in [0.5, 0.6) is 11.5 Å². The van der Waals surface area contributed by atoms with Crippen LogP contribution in [0.2, 0.25) is 0 Å². The van der Waals surface area contributed by atoms with Crippen molar-refractivity contribution in [1.82, 2.24) is 0 Å². The van der Waals surface area contributed by atoms with E-state index in [-0.39, 0.29) is 11.9 Å². The van der Waals surface area contributed by atoms with Crippen LogP contribution >= 0.6 is 0 Å². The number of methoxy groups -OCH3 is 1. The van der Waals surface area contributed by atoms with E-state index in [0.717, 1.165) is 41.0 Å². The van der Waals surface area contributed by atoms with E-state index in [1.165, 1.54) is 0 Å². The first-order chi connectivity index (χ1) is 14.6. The van der Waals surface area contributed by atoms with Gasteiger partial charge in [0.05, 0.1) is 13.2 Å². The van der Waals surface area contributed by atoms with Gasteiger partial charge < -0.3 is 19.3 Å². The zero-order valence-corrected chi connectivity index (χ0v) is 17.2. The summed E-state index contributed by atoms with van der Waals surface area (Å²) in [6.07, 6.45) is 3.77. The van der Waals surface area contributed by atoms with E-state index >= 15 is 0 Å². The third kappa shape index (κ3) is 3.86. The van der Waals surface area contributed by atoms with E-state index in [1.807, 2.05) is 66.7 Å². The highest BCUT2D eigenvalue weighted by Crippen LogP contribution is 2.42. The van der Waals surface area contributed by atoms with E-state index in [0.29, 0.717) is 0 Å². The van der Waals surface area contributed by atoms with Crippen LogP contribution in [0.3, 0.4) is 0 Å². The van der Waals surface area contributed by atoms with Crippen molar-refractivity contribution < 1.29 is 19.3 Å². The summed E-state index contributed by atoms with van der Waals surface area (Å²) in [5, 5.41) is 9.87. The summed E-state index contributed by atoms with van der Waals surface area (Å²) in [5.41, 5.74) is 1.91. The fourth-order valence-corrected chi connectivity index (χ4v) is 3.86. The van der Waals surface area contributed by atoms with Gasteiger partial charge in [-0.05, 0) is 37.6 Å². The van der Waals surface area contributed by atoms with E-state index in [2.05, 4.69) is 6.92 Å². The molecule has 1 N–H and O–H groups in total. The Labute approximate surface area is 177 Å². The average molecular weight is 402 g/mol. The molecule has 1 heterocycles. The minimum atomic E-state index is -0.913. The summed E-state index contributed by atoms with van der Waals surface area (Å²) in [6.45, 7) is 2.06. The number of hydrogen-bond acceptors (Lipinski definition) is 4. The topological polar surface area (TPSA) is 47.9 Å². The lowest BCUT2D eigenvalue weighted by atomic mass is 9.80. The quantitative estimate of drug-likeness (QED) is 0.421. The summed E-state index contributed by atoms with van der Waals surface area (Å²) in [5.74, 6) is 1.83. The van der Waals surface area contributed by atoms with Crippen molar-refractivity contribution in [2.45, 2.75) is 31.5 Å². The van der Waals surface area contributed by atoms with Gasteiger partial charge in [-0.3, -0.25) is 0 Å². The number of phenols is 1. The van der Waals surface area contributed by atoms with Gasteiger partial charge in [-0.15, -0.1) is 0 Å². The predicted molar refractivity (Wildman–Crippen MR) is 116 cm³/mol. The summed E-state index contributed by atoms with van der Waals surface area (Å²) < 4.78 is 17.9. The number of aromatic hydroxyl groups is 1. The molecular weight excluding hydrogens is 376 g/mol. The molecule has 2 unspecified atom stereocenters. The van der Waals surface area contributed by atoms with Gasteiger partial charge in [0.2, 0.25) is 0 Å². The molecule has 0 radical (unpaired) electrons. The second kappa shape index (κ2) is 8.54. The van der Waals surface area contributed by atoms with E-state index in [4.69, 9.17) is 14.2 Å². The van der Waals surface area contributed by atoms with Crippen LogP contribution in [0.15, 0.2) is 90.9 Å². The maximum Gasteiger partial charge on any atom is 0.183 e. The molecule has 0 aliphatic carbocycles. The molecule has 154 valence electrons. The van der Waals surface area contributed by atoms with Gasteiger partial charge in [-0.2, -0.15) is 0 Å². The molecule has 4 rings (SSSR count). The smallest absolute Gasteiger partial charge is 0.183 e. The number of ether oxygens (including phenoxy) is 3. The number of phenolic OH excluding ortho intramolecular Hbond substituents is 1. The minimum Gasteiger partial charge on any atom is -0.508 e. The lowest BCUT2D eigenvalue weighted by molar-refractivity contribution is 0.0805. The van der Waals surface area contributed by atoms with Crippen LogP contribution in [-0.2, 0) is 15.1 Å². The van der Waals surface area contributed by atoms with Gasteiger partial charge >= 0.3 is 0 Å². The normalized spacial score (nSPS) is 19.1. The van der Waals surface area contributed by atoms with Crippen molar-refractivity contribution in [2.24, 2.45) is 0 Å². The number of benzene rings is 3. The Morgan fingerprint density at radius 3 is 2.07 bits per heavy atom. The molecule has 2 atom stereocenters. The van der Waals surface area contributed by atoms with Crippen molar-refractivity contribution in [3.63, 3.8) is 0 Å². The van der Waals surface area contributed by atoms with Gasteiger partial charge in [-0.1, -0.05) is 54.6 Å². The molecule has 0 saturated carbocycles. The second-order valence-electron chi connectivity index (χ2n) is 7.49. The highest BCUT2D eigenvalue weighted by atomic mass is 16.5. The van der Waals surface area contributed by atoms with Crippen molar-refractivity contribution in [2.75, 3.05) is 7.11 Å². The monoisotopic (exact) mass is 402 g/mol. The molecule has 3 aromatic carbocycles. The summed E-state index contributed by atoms with van der Waals surface area (Å²) in [6, 6.07) is 25.1. The zero-order valence-electron chi connectivity index (χ0n) is 17.2. The van der Waals surface area contributed by atoms with Crippen LogP contribution in [0, 0.1) is 0 Å². The Hall–Kier alpha value is -3.40. The molecule has 1 aliphatic rings. The highest BCUT2D eigenvalue weighted by molar-refractivity contribution is 5.49. The summed E-state index contributed by atoms with van der Waals surface area (Å²) in [4.78, 5) is 0. The minimum absolute atomic E-state index is 0.195. The van der Waals surface area contributed by atoms with Crippen molar-refractivity contribution in [3.8, 4) is 11.5 Å². The summed E-state index contributed by atoms with van der Waals surface area (Å²) in [7, 11) is 1.65. The Morgan fingerprint density at radius 1 is 0.900 bits per heavy atom. The maximum atomic E-state index is 9.87. The van der Waals surface area contributed by atoms with Gasteiger partial charge in [0.25, 0.3) is 0 Å². The van der Waals surface area contributed by atoms with Crippen molar-refractivity contribution in [3.05, 3.63) is 108 Å². The highest BCUT2D eigenvalue weighted by Gasteiger charge is 2.38. The number of hydrogen-bond donors (Lipinski definition) is 1. The molecule has 1 fully saturated rings. The molecule has 1 saturated heterocycles. The van der Waals surface area contributed by atoms with Gasteiger partial charge in [0.15, 0.2) is 5.60 Å². The molecule has 0 aromatic heterocycles. The first kappa shape index (κ1) is 19.9. The largest absolute Gasteiger partial charge is 0.508 e. The molecule has 0 amide bonds. The molecule has 1 aliphatic heterocycles. The average Bonchev–Trinajstić information content (AvgIpc) is 3.21. The lowest BCUT2D eigenvalue weighted by Crippen LogP contribution is -2.31. The molecule has 0 bridgehead atoms. The first-order valence-corrected chi connectivity index (χ1v) is 10.1. The Morgan fingerprint density at radius 2 is 1.50 bits per heavy atom. The number of rotatable bonds is 6. The van der Waals surface area contributed by atoms with E-state index in [9.17, 15) is 5.11 Å². The first-order valence-electron chi connectivity index (χ1n) is 10.1. The Bertz CT molecular complexity index is 993. The van der Waals surface area contributed by atoms with Crippen molar-refractivity contribution >= 4 is 0 Å². The molecule has 0 spiro atoms. The third-order valence-electron chi connectivity index (χ3n) is 5.47. The number of allylic oxidation sites excluding steroid dienone is 1. The molecule has 4 nitrogen and oxygen atoms in total. The standard InChI is InChI=1S/C26H26O4/c1-19-8-15-25(30-19)18-29-26(20-6-4-3-5-7-20,21-9-13-23(27)14-10-21)22-11-16-24(28-2)17-12-22/h3-7,9-14,16-19,27H,8,15H2,1-2H3/b25-18-. The van der Waals surface area contributed by atoms with Crippen LogP contribution < -0.4 is 4.74 Å². The molecular formula is C26H26O4. The Balaban J connectivity index is 1.90. The van der Waals surface area contributed by atoms with Crippen LogP contribution in [0.25, 0.3) is 0 Å². The van der Waals surface area contributed by atoms with E-state index < -0.39 is 5.60 Å². The van der Waals surface area contributed by atoms with Gasteiger partial charge in [-0.25, -0.2) is 0 Å². The fraction of sp³-hybridized carbons (Fsp3) is 0.231. The van der Waals surface area contributed by atoms with Crippen molar-refractivity contribution in [1.29, 1.82) is 0 Å². The van der Waals surface area contributed by atoms with Crippen LogP contribution in [-0.4, -0.2) is 18.3 Å². The molecule has 4 heteroatoms. The van der Waals surface area contributed by atoms with Crippen LogP contribution in [0.4, 0.5) is 0 Å². The van der Waals surface area contributed by atoms with Crippen LogP contribution in [0.1, 0.15) is 36.5 Å². The molecule has 30 heavy (non-hydrogen) atoms. The lowest BCUT2D eigenvalue weighted by Gasteiger charge is -2.35. The SMILES string of the molecule is COc1ccc(C(O/C=C2/CCC(C)O2)(c2ccccc2)c2ccc(O)cc2)cc1. The third-order valence-corrected chi connectivity index (χ3v) is 5.47. The fourth-order valence-electron chi connectivity index (χ4n) is 3.86. The zero-order chi connectivity index (χ0) is 21.0. The maximum absolute atomic E-state index is 9.87. The Kier molecular flexibility index (Phi) is 5.66. The second-order valence-corrected chi connectivity index (χ2v) is 7.49.